The van der Waals surface area contributed by atoms with Gasteiger partial charge in [-0.05, 0) is 18.6 Å². The van der Waals surface area contributed by atoms with E-state index >= 15 is 0 Å². The lowest BCUT2D eigenvalue weighted by atomic mass is 10.3. The number of ether oxygens (including phenoxy) is 1. The Morgan fingerprint density at radius 2 is 2.06 bits per heavy atom. The number of hydrogen-bond donors (Lipinski definition) is 0. The first-order valence-corrected chi connectivity index (χ1v) is 5.92. The summed E-state index contributed by atoms with van der Waals surface area (Å²) in [6.07, 6.45) is 1.43. The lowest BCUT2D eigenvalue weighted by Gasteiger charge is -2.16. The van der Waals surface area contributed by atoms with Crippen molar-refractivity contribution in [1.82, 2.24) is 4.90 Å². The molecule has 0 unspecified atom stereocenters. The third-order valence-electron chi connectivity index (χ3n) is 2.38. The summed E-state index contributed by atoms with van der Waals surface area (Å²) in [6, 6.07) is 6.18. The molecule has 4 heteroatoms. The van der Waals surface area contributed by atoms with Crippen molar-refractivity contribution < 1.29 is 13.9 Å². The molecule has 0 N–H and O–H groups in total. The zero-order valence-electron chi connectivity index (χ0n) is 10.3. The molecule has 0 saturated carbocycles. The second-order valence-electron chi connectivity index (χ2n) is 3.46. The number of nitrogens with zero attached hydrogens (tertiary/aromatic N) is 1. The average molecular weight is 239 g/mol. The van der Waals surface area contributed by atoms with E-state index in [4.69, 9.17) is 4.74 Å². The fourth-order valence-electron chi connectivity index (χ4n) is 1.55. The molecule has 1 aliphatic heterocycles. The summed E-state index contributed by atoms with van der Waals surface area (Å²) in [7, 11) is 0. The van der Waals surface area contributed by atoms with E-state index in [1.165, 1.54) is 6.07 Å². The van der Waals surface area contributed by atoms with Gasteiger partial charge in [-0.25, -0.2) is 4.39 Å². The van der Waals surface area contributed by atoms with Crippen LogP contribution in [0.5, 0.6) is 5.75 Å². The van der Waals surface area contributed by atoms with Crippen LogP contribution in [-0.4, -0.2) is 24.1 Å². The molecule has 2 rings (SSSR count). The topological polar surface area (TPSA) is 29.5 Å². The van der Waals surface area contributed by atoms with Crippen LogP contribution >= 0.6 is 0 Å². The van der Waals surface area contributed by atoms with E-state index < -0.39 is 5.82 Å². The van der Waals surface area contributed by atoms with Crippen molar-refractivity contribution in [3.05, 3.63) is 30.1 Å². The summed E-state index contributed by atoms with van der Waals surface area (Å²) in [6.45, 7) is 4.84. The molecule has 0 atom stereocenters. The minimum Gasteiger partial charge on any atom is -0.470 e. The molecule has 0 radical (unpaired) electrons. The highest BCUT2D eigenvalue weighted by Crippen LogP contribution is 2.17. The summed E-state index contributed by atoms with van der Waals surface area (Å²) in [4.78, 5) is 12.8. The van der Waals surface area contributed by atoms with Crippen molar-refractivity contribution in [2.24, 2.45) is 0 Å². The Kier molecular flexibility index (Phi) is 5.46. The number of benzene rings is 1. The predicted molar refractivity (Wildman–Crippen MR) is 64.2 cm³/mol. The zero-order valence-corrected chi connectivity index (χ0v) is 10.3. The fraction of sp³-hybridized carbons (Fsp3) is 0.462. The van der Waals surface area contributed by atoms with Gasteiger partial charge < -0.3 is 9.64 Å². The number of para-hydroxylation sites is 1. The zero-order chi connectivity index (χ0) is 12.7. The van der Waals surface area contributed by atoms with Crippen LogP contribution in [0, 0.1) is 5.82 Å². The SMILES string of the molecule is CC.O=C1CCCN1COc1ccccc1F. The van der Waals surface area contributed by atoms with E-state index in [0.717, 1.165) is 6.42 Å². The van der Waals surface area contributed by atoms with E-state index in [1.807, 2.05) is 13.8 Å². The van der Waals surface area contributed by atoms with Gasteiger partial charge in [0.25, 0.3) is 0 Å². The average Bonchev–Trinajstić information content (AvgIpc) is 2.77. The Morgan fingerprint density at radius 1 is 1.35 bits per heavy atom. The number of carbonyl (C=O) groups is 1. The molecule has 1 saturated heterocycles. The van der Waals surface area contributed by atoms with Gasteiger partial charge in [-0.3, -0.25) is 4.79 Å². The molecular weight excluding hydrogens is 221 g/mol. The van der Waals surface area contributed by atoms with Crippen LogP contribution < -0.4 is 4.74 Å². The van der Waals surface area contributed by atoms with Gasteiger partial charge in [0.05, 0.1) is 0 Å². The summed E-state index contributed by atoms with van der Waals surface area (Å²) in [5.74, 6) is -0.132. The van der Waals surface area contributed by atoms with Crippen LogP contribution in [0.2, 0.25) is 0 Å². The largest absolute Gasteiger partial charge is 0.470 e. The number of amides is 1. The maximum Gasteiger partial charge on any atom is 0.225 e. The number of likely N-dealkylation sites (tertiary alicyclic amines) is 1. The highest BCUT2D eigenvalue weighted by Gasteiger charge is 2.20. The second kappa shape index (κ2) is 6.89. The number of rotatable bonds is 3. The molecular formula is C13H18FNO2. The van der Waals surface area contributed by atoms with Gasteiger partial charge in [0.2, 0.25) is 5.91 Å². The fourth-order valence-corrected chi connectivity index (χ4v) is 1.55. The monoisotopic (exact) mass is 239 g/mol. The Balaban J connectivity index is 0.000000686. The number of hydrogen-bond acceptors (Lipinski definition) is 2. The lowest BCUT2D eigenvalue weighted by molar-refractivity contribution is -0.130. The molecule has 0 spiro atoms. The molecule has 0 aromatic heterocycles. The van der Waals surface area contributed by atoms with Crippen LogP contribution in [0.15, 0.2) is 24.3 Å². The van der Waals surface area contributed by atoms with Gasteiger partial charge in [0, 0.05) is 13.0 Å². The summed E-state index contributed by atoms with van der Waals surface area (Å²) in [5, 5.41) is 0. The molecule has 1 fully saturated rings. The van der Waals surface area contributed by atoms with Gasteiger partial charge in [0.1, 0.15) is 0 Å². The van der Waals surface area contributed by atoms with Crippen LogP contribution in [0.3, 0.4) is 0 Å². The van der Waals surface area contributed by atoms with Crippen molar-refractivity contribution in [2.45, 2.75) is 26.7 Å². The van der Waals surface area contributed by atoms with Crippen LogP contribution in [0.1, 0.15) is 26.7 Å². The minimum atomic E-state index is -0.399. The van der Waals surface area contributed by atoms with Crippen molar-refractivity contribution in [1.29, 1.82) is 0 Å². The first kappa shape index (κ1) is 13.5. The Labute approximate surface area is 101 Å². The van der Waals surface area contributed by atoms with E-state index in [-0.39, 0.29) is 18.4 Å². The summed E-state index contributed by atoms with van der Waals surface area (Å²) < 4.78 is 18.4. The molecule has 1 aliphatic rings. The van der Waals surface area contributed by atoms with Crippen LogP contribution in [0.25, 0.3) is 0 Å². The van der Waals surface area contributed by atoms with Crippen molar-refractivity contribution in [3.8, 4) is 5.75 Å². The van der Waals surface area contributed by atoms with Crippen molar-refractivity contribution in [3.63, 3.8) is 0 Å². The van der Waals surface area contributed by atoms with Crippen LogP contribution in [-0.2, 0) is 4.79 Å². The quantitative estimate of drug-likeness (QED) is 0.811. The highest BCUT2D eigenvalue weighted by molar-refractivity contribution is 5.77. The second-order valence-corrected chi connectivity index (χ2v) is 3.46. The molecule has 1 amide bonds. The molecule has 17 heavy (non-hydrogen) atoms. The minimum absolute atomic E-state index is 0.0753. The van der Waals surface area contributed by atoms with Gasteiger partial charge in [-0.1, -0.05) is 26.0 Å². The lowest BCUT2D eigenvalue weighted by Crippen LogP contribution is -2.29. The molecule has 0 aliphatic carbocycles. The summed E-state index contributed by atoms with van der Waals surface area (Å²) in [5.41, 5.74) is 0. The van der Waals surface area contributed by atoms with Gasteiger partial charge in [-0.2, -0.15) is 0 Å². The maximum atomic E-state index is 13.1. The standard InChI is InChI=1S/C11H12FNO2.C2H6/c12-9-4-1-2-5-10(9)15-8-13-7-3-6-11(13)14;1-2/h1-2,4-5H,3,6-8H2;1-2H3. The first-order valence-electron chi connectivity index (χ1n) is 5.92. The van der Waals surface area contributed by atoms with Gasteiger partial charge in [-0.15, -0.1) is 0 Å². The Bertz CT molecular complexity index is 368. The van der Waals surface area contributed by atoms with Crippen molar-refractivity contribution in [2.75, 3.05) is 13.3 Å². The van der Waals surface area contributed by atoms with E-state index in [9.17, 15) is 9.18 Å². The predicted octanol–water partition coefficient (Wildman–Crippen LogP) is 2.81. The van der Waals surface area contributed by atoms with E-state index in [1.54, 1.807) is 23.1 Å². The smallest absolute Gasteiger partial charge is 0.225 e. The molecule has 1 aromatic rings. The number of carbonyl (C=O) groups excluding carboxylic acids is 1. The Hall–Kier alpha value is -1.58. The molecule has 1 aromatic carbocycles. The third-order valence-corrected chi connectivity index (χ3v) is 2.38. The van der Waals surface area contributed by atoms with Gasteiger partial charge in [0.15, 0.2) is 18.3 Å². The first-order chi connectivity index (χ1) is 8.27. The van der Waals surface area contributed by atoms with Crippen molar-refractivity contribution >= 4 is 5.91 Å². The molecule has 0 bridgehead atoms. The Morgan fingerprint density at radius 3 is 2.65 bits per heavy atom. The van der Waals surface area contributed by atoms with E-state index in [2.05, 4.69) is 0 Å². The maximum absolute atomic E-state index is 13.1. The third kappa shape index (κ3) is 3.73. The normalized spacial score (nSPS) is 14.3. The van der Waals surface area contributed by atoms with Crippen LogP contribution in [0.4, 0.5) is 4.39 Å². The molecule has 1 heterocycles. The van der Waals surface area contributed by atoms with Gasteiger partial charge >= 0.3 is 0 Å². The number of halogens is 1. The molecule has 94 valence electrons. The summed E-state index contributed by atoms with van der Waals surface area (Å²) >= 11 is 0. The van der Waals surface area contributed by atoms with E-state index in [0.29, 0.717) is 13.0 Å². The highest BCUT2D eigenvalue weighted by atomic mass is 19.1. The molecule has 3 nitrogen and oxygen atoms in total.